The van der Waals surface area contributed by atoms with Crippen LogP contribution in [0.3, 0.4) is 0 Å². The lowest BCUT2D eigenvalue weighted by Crippen LogP contribution is -2.15. The van der Waals surface area contributed by atoms with Crippen molar-refractivity contribution in [3.8, 4) is 0 Å². The molecule has 0 atom stereocenters. The van der Waals surface area contributed by atoms with Crippen molar-refractivity contribution in [2.45, 2.75) is 27.7 Å². The van der Waals surface area contributed by atoms with Crippen molar-refractivity contribution in [1.82, 2.24) is 0 Å². The third-order valence-corrected chi connectivity index (χ3v) is 13.2. The van der Waals surface area contributed by atoms with Gasteiger partial charge in [-0.2, -0.15) is 0 Å². The molecule has 2 heteroatoms. The molecule has 2 nitrogen and oxygen atoms in total. The zero-order valence-electron chi connectivity index (χ0n) is 39.0. The number of aryl methyl sites for hydroxylation is 4. The molecule has 0 heterocycles. The molecule has 0 radical (unpaired) electrons. The number of benzene rings is 11. The summed E-state index contributed by atoms with van der Waals surface area (Å²) in [6.45, 7) is 8.57. The van der Waals surface area contributed by atoms with E-state index in [4.69, 9.17) is 0 Å². The number of rotatable bonds is 10. The van der Waals surface area contributed by atoms with Crippen molar-refractivity contribution in [2.24, 2.45) is 0 Å². The summed E-state index contributed by atoms with van der Waals surface area (Å²) in [6, 6.07) is 80.6. The Morgan fingerprint density at radius 1 is 0.250 bits per heavy atom. The van der Waals surface area contributed by atoms with Crippen molar-refractivity contribution in [3.05, 3.63) is 263 Å². The van der Waals surface area contributed by atoms with E-state index < -0.39 is 0 Å². The molecule has 0 saturated carbocycles. The summed E-state index contributed by atoms with van der Waals surface area (Å²) >= 11 is 0. The van der Waals surface area contributed by atoms with E-state index in [-0.39, 0.29) is 0 Å². The van der Waals surface area contributed by atoms with Crippen molar-refractivity contribution < 1.29 is 0 Å². The Balaban J connectivity index is 1.18. The number of nitrogens with zero attached hydrogens (tertiary/aromatic N) is 2. The Labute approximate surface area is 400 Å². The molecule has 0 N–H and O–H groups in total. The largest absolute Gasteiger partial charge is 0.309 e. The summed E-state index contributed by atoms with van der Waals surface area (Å²) in [4.78, 5) is 4.96. The van der Waals surface area contributed by atoms with Crippen molar-refractivity contribution in [1.29, 1.82) is 0 Å². The van der Waals surface area contributed by atoms with Crippen LogP contribution in [0.2, 0.25) is 0 Å². The van der Waals surface area contributed by atoms with Crippen LogP contribution in [0.15, 0.2) is 218 Å². The highest BCUT2D eigenvalue weighted by Gasteiger charge is 2.26. The first-order chi connectivity index (χ1) is 33.3. The fraction of sp³-hybridized carbons (Fsp3) is 0.0606. The molecule has 11 rings (SSSR count). The standard InChI is InChI=1S/C66H52N2/c1-45-13-21-49(22-14-45)25-27-51-29-37-59(38-30-51)67(57-33-17-47(3)18-34-57)65-61-41-53-9-5-7-11-55(53)43-63(61)66(64-44-56-12-8-6-10-54(56)42-62(64)65)68(58-35-19-48(4)20-36-58)60-39-31-52(32-40-60)28-26-50-23-15-46(2)16-24-50/h5-44H,1-4H3/b27-25+,28-26+. The van der Waals surface area contributed by atoms with E-state index in [1.807, 2.05) is 0 Å². The van der Waals surface area contributed by atoms with Crippen LogP contribution in [0.5, 0.6) is 0 Å². The van der Waals surface area contributed by atoms with Crippen LogP contribution in [-0.2, 0) is 0 Å². The maximum absolute atomic E-state index is 2.48. The third kappa shape index (κ3) is 8.45. The predicted molar refractivity (Wildman–Crippen MR) is 296 cm³/mol. The Bertz CT molecular complexity index is 3310. The van der Waals surface area contributed by atoms with Crippen LogP contribution >= 0.6 is 0 Å². The van der Waals surface area contributed by atoms with Gasteiger partial charge in [0, 0.05) is 44.3 Å². The van der Waals surface area contributed by atoms with Gasteiger partial charge in [0.25, 0.3) is 0 Å². The highest BCUT2D eigenvalue weighted by atomic mass is 15.2. The Morgan fingerprint density at radius 3 is 0.706 bits per heavy atom. The van der Waals surface area contributed by atoms with Gasteiger partial charge in [0.05, 0.1) is 11.4 Å². The fourth-order valence-electron chi connectivity index (χ4n) is 9.45. The molecular formula is C66H52N2. The highest BCUT2D eigenvalue weighted by Crippen LogP contribution is 2.52. The lowest BCUT2D eigenvalue weighted by Gasteiger charge is -2.33. The van der Waals surface area contributed by atoms with Gasteiger partial charge in [-0.25, -0.2) is 0 Å². The van der Waals surface area contributed by atoms with Gasteiger partial charge in [0.2, 0.25) is 0 Å². The monoisotopic (exact) mass is 872 g/mol. The van der Waals surface area contributed by atoms with Gasteiger partial charge in [-0.05, 0) is 144 Å². The average molecular weight is 873 g/mol. The SMILES string of the molecule is Cc1ccc(/C=C/c2ccc(N(c3ccc(C)cc3)c3c4cc5ccccc5cc4c(N(c4ccc(C)cc4)c4ccc(/C=C/c5ccc(C)cc5)cc4)c4cc5ccccc5cc34)cc2)cc1. The fourth-order valence-corrected chi connectivity index (χ4v) is 9.45. The average Bonchev–Trinajstić information content (AvgIpc) is 3.37. The number of fused-ring (bicyclic) bond motifs is 4. The molecule has 0 spiro atoms. The van der Waals surface area contributed by atoms with Crippen molar-refractivity contribution in [3.63, 3.8) is 0 Å². The van der Waals surface area contributed by atoms with Crippen molar-refractivity contribution in [2.75, 3.05) is 9.80 Å². The molecule has 0 bridgehead atoms. The molecule has 0 unspecified atom stereocenters. The van der Waals surface area contributed by atoms with Crippen LogP contribution in [0.25, 0.3) is 67.4 Å². The van der Waals surface area contributed by atoms with Gasteiger partial charge >= 0.3 is 0 Å². The van der Waals surface area contributed by atoms with Gasteiger partial charge in [0.1, 0.15) is 0 Å². The second-order valence-electron chi connectivity index (χ2n) is 18.2. The molecule has 0 amide bonds. The smallest absolute Gasteiger partial charge is 0.0620 e. The lowest BCUT2D eigenvalue weighted by molar-refractivity contribution is 1.28. The minimum atomic E-state index is 1.09. The Morgan fingerprint density at radius 2 is 0.456 bits per heavy atom. The first-order valence-corrected chi connectivity index (χ1v) is 23.6. The zero-order valence-corrected chi connectivity index (χ0v) is 39.0. The molecule has 68 heavy (non-hydrogen) atoms. The van der Waals surface area contributed by atoms with E-state index in [1.165, 1.54) is 76.5 Å². The normalized spacial score (nSPS) is 11.7. The Kier molecular flexibility index (Phi) is 11.2. The van der Waals surface area contributed by atoms with E-state index in [1.54, 1.807) is 0 Å². The molecule has 0 aliphatic carbocycles. The van der Waals surface area contributed by atoms with Gasteiger partial charge in [0.15, 0.2) is 0 Å². The Hall–Kier alpha value is -8.46. The molecule has 0 aliphatic heterocycles. The van der Waals surface area contributed by atoms with E-state index >= 15 is 0 Å². The number of hydrogen-bond acceptors (Lipinski definition) is 2. The minimum Gasteiger partial charge on any atom is -0.309 e. The summed E-state index contributed by atoms with van der Waals surface area (Å²) in [7, 11) is 0. The quantitative estimate of drug-likeness (QED) is 0.0767. The third-order valence-electron chi connectivity index (χ3n) is 13.2. The molecular weight excluding hydrogens is 821 g/mol. The first kappa shape index (κ1) is 42.2. The van der Waals surface area contributed by atoms with Crippen LogP contribution in [0.4, 0.5) is 34.1 Å². The molecule has 0 aliphatic rings. The zero-order chi connectivity index (χ0) is 46.1. The van der Waals surface area contributed by atoms with Gasteiger partial charge in [-0.15, -0.1) is 0 Å². The van der Waals surface area contributed by atoms with E-state index in [0.717, 1.165) is 45.3 Å². The summed E-state index contributed by atoms with van der Waals surface area (Å²) < 4.78 is 0. The lowest BCUT2D eigenvalue weighted by atomic mass is 9.91. The molecule has 11 aromatic rings. The van der Waals surface area contributed by atoms with E-state index in [9.17, 15) is 0 Å². The minimum absolute atomic E-state index is 1.09. The summed E-state index contributed by atoms with van der Waals surface area (Å²) in [5.74, 6) is 0. The molecule has 11 aromatic carbocycles. The van der Waals surface area contributed by atoms with Crippen LogP contribution in [0, 0.1) is 27.7 Å². The first-order valence-electron chi connectivity index (χ1n) is 23.6. The molecule has 0 aromatic heterocycles. The van der Waals surface area contributed by atoms with Crippen LogP contribution < -0.4 is 9.80 Å². The second kappa shape index (κ2) is 18.1. The van der Waals surface area contributed by atoms with E-state index in [2.05, 4.69) is 280 Å². The van der Waals surface area contributed by atoms with Gasteiger partial charge < -0.3 is 9.80 Å². The second-order valence-corrected chi connectivity index (χ2v) is 18.2. The maximum Gasteiger partial charge on any atom is 0.0620 e. The summed E-state index contributed by atoms with van der Waals surface area (Å²) in [6.07, 6.45) is 8.79. The van der Waals surface area contributed by atoms with Gasteiger partial charge in [-0.1, -0.05) is 192 Å². The van der Waals surface area contributed by atoms with Crippen molar-refractivity contribution >= 4 is 102 Å². The van der Waals surface area contributed by atoms with Crippen LogP contribution in [-0.4, -0.2) is 0 Å². The molecule has 0 fully saturated rings. The summed E-state index contributed by atoms with van der Waals surface area (Å²) in [5.41, 5.74) is 16.3. The molecule has 326 valence electrons. The van der Waals surface area contributed by atoms with Crippen LogP contribution in [0.1, 0.15) is 44.5 Å². The number of hydrogen-bond donors (Lipinski definition) is 0. The van der Waals surface area contributed by atoms with E-state index in [0.29, 0.717) is 0 Å². The topological polar surface area (TPSA) is 6.48 Å². The molecule has 0 saturated heterocycles. The highest BCUT2D eigenvalue weighted by molar-refractivity contribution is 6.27. The van der Waals surface area contributed by atoms with Gasteiger partial charge in [-0.3, -0.25) is 0 Å². The predicted octanol–water partition coefficient (Wildman–Crippen LogP) is 18.8. The number of anilines is 6. The maximum atomic E-state index is 2.48. The summed E-state index contributed by atoms with van der Waals surface area (Å²) in [5, 5.41) is 9.44.